The summed E-state index contributed by atoms with van der Waals surface area (Å²) in [6, 6.07) is 0. The molecule has 3 nitrogen and oxygen atoms in total. The highest BCUT2D eigenvalue weighted by Gasteiger charge is 2.13. The lowest BCUT2D eigenvalue weighted by Gasteiger charge is -2.23. The van der Waals surface area contributed by atoms with Gasteiger partial charge in [-0.15, -0.1) is 0 Å². The molecular formula is C8H17NO2. The zero-order valence-electron chi connectivity index (χ0n) is 7.05. The average Bonchev–Trinajstić information content (AvgIpc) is 2.03. The van der Waals surface area contributed by atoms with Crippen molar-refractivity contribution in [3.8, 4) is 0 Å². The second kappa shape index (κ2) is 4.70. The Morgan fingerprint density at radius 2 is 2.55 bits per heavy atom. The number of piperidine rings is 1. The third-order valence-corrected chi connectivity index (χ3v) is 1.82. The Bertz CT molecular complexity index is 100. The van der Waals surface area contributed by atoms with Gasteiger partial charge in [0, 0.05) is 6.54 Å². The van der Waals surface area contributed by atoms with Crippen LogP contribution in [0.15, 0.2) is 0 Å². The summed E-state index contributed by atoms with van der Waals surface area (Å²) in [6.45, 7) is 4.25. The average molecular weight is 159 g/mol. The first kappa shape index (κ1) is 8.97. The Kier molecular flexibility index (Phi) is 3.83. The van der Waals surface area contributed by atoms with Crippen LogP contribution in [0.5, 0.6) is 0 Å². The van der Waals surface area contributed by atoms with E-state index in [0.29, 0.717) is 12.7 Å². The number of ether oxygens (including phenoxy) is 1. The van der Waals surface area contributed by atoms with Crippen molar-refractivity contribution in [2.45, 2.75) is 32.0 Å². The van der Waals surface area contributed by atoms with Gasteiger partial charge in [0.1, 0.15) is 0 Å². The van der Waals surface area contributed by atoms with E-state index in [4.69, 9.17) is 9.84 Å². The van der Waals surface area contributed by atoms with Crippen LogP contribution in [0.25, 0.3) is 0 Å². The van der Waals surface area contributed by atoms with E-state index < -0.39 is 0 Å². The highest BCUT2D eigenvalue weighted by molar-refractivity contribution is 4.68. The van der Waals surface area contributed by atoms with Crippen LogP contribution in [-0.2, 0) is 4.74 Å². The molecule has 0 aromatic rings. The summed E-state index contributed by atoms with van der Waals surface area (Å²) in [6.07, 6.45) is 2.29. The lowest BCUT2D eigenvalue weighted by Crippen LogP contribution is -2.36. The summed E-state index contributed by atoms with van der Waals surface area (Å²) in [4.78, 5) is 0. The molecule has 1 aliphatic heterocycles. The van der Waals surface area contributed by atoms with E-state index in [1.165, 1.54) is 6.42 Å². The summed E-state index contributed by atoms with van der Waals surface area (Å²) >= 11 is 0. The first-order valence-corrected chi connectivity index (χ1v) is 4.29. The van der Waals surface area contributed by atoms with Crippen molar-refractivity contribution in [1.82, 2.24) is 5.32 Å². The fraction of sp³-hybridized carbons (Fsp3) is 1.00. The fourth-order valence-electron chi connectivity index (χ4n) is 1.24. The van der Waals surface area contributed by atoms with E-state index in [0.717, 1.165) is 19.5 Å². The second-order valence-corrected chi connectivity index (χ2v) is 3.15. The number of nitrogens with one attached hydrogen (secondary N) is 1. The van der Waals surface area contributed by atoms with Gasteiger partial charge in [-0.25, -0.2) is 0 Å². The molecule has 0 spiro atoms. The summed E-state index contributed by atoms with van der Waals surface area (Å²) in [5.74, 6) is 0. The van der Waals surface area contributed by atoms with Gasteiger partial charge in [-0.3, -0.25) is 0 Å². The van der Waals surface area contributed by atoms with E-state index in [9.17, 15) is 0 Å². The van der Waals surface area contributed by atoms with Crippen molar-refractivity contribution in [3.05, 3.63) is 0 Å². The molecule has 1 fully saturated rings. The van der Waals surface area contributed by atoms with Crippen molar-refractivity contribution < 1.29 is 9.84 Å². The topological polar surface area (TPSA) is 41.5 Å². The molecule has 0 saturated carbocycles. The van der Waals surface area contributed by atoms with Gasteiger partial charge in [-0.1, -0.05) is 0 Å². The van der Waals surface area contributed by atoms with Gasteiger partial charge in [0.05, 0.1) is 18.8 Å². The van der Waals surface area contributed by atoms with Gasteiger partial charge in [0.2, 0.25) is 0 Å². The van der Waals surface area contributed by atoms with Crippen LogP contribution in [0.1, 0.15) is 19.8 Å². The number of aliphatic hydroxyl groups excluding tert-OH is 1. The van der Waals surface area contributed by atoms with Crippen molar-refractivity contribution in [2.75, 3.05) is 19.7 Å². The van der Waals surface area contributed by atoms with Crippen LogP contribution < -0.4 is 5.32 Å². The number of hydrogen-bond donors (Lipinski definition) is 2. The number of hydrogen-bond acceptors (Lipinski definition) is 3. The third kappa shape index (κ3) is 3.70. The quantitative estimate of drug-likeness (QED) is 0.615. The van der Waals surface area contributed by atoms with Crippen LogP contribution in [0.2, 0.25) is 0 Å². The third-order valence-electron chi connectivity index (χ3n) is 1.82. The van der Waals surface area contributed by atoms with E-state index in [-0.39, 0.29) is 6.10 Å². The predicted octanol–water partition coefficient (Wildman–Crippen LogP) is 0.136. The molecule has 0 amide bonds. The number of rotatable bonds is 3. The maximum atomic E-state index is 8.94. The Hall–Kier alpha value is -0.120. The predicted molar refractivity (Wildman–Crippen MR) is 43.5 cm³/mol. The smallest absolute Gasteiger partial charge is 0.0745 e. The van der Waals surface area contributed by atoms with Crippen molar-refractivity contribution in [2.24, 2.45) is 0 Å². The molecule has 1 unspecified atom stereocenters. The monoisotopic (exact) mass is 159 g/mol. The molecule has 0 bridgehead atoms. The van der Waals surface area contributed by atoms with E-state index >= 15 is 0 Å². The molecule has 1 rings (SSSR count). The normalized spacial score (nSPS) is 28.4. The maximum Gasteiger partial charge on any atom is 0.0745 e. The van der Waals surface area contributed by atoms with Gasteiger partial charge in [-0.05, 0) is 26.3 Å². The summed E-state index contributed by atoms with van der Waals surface area (Å²) < 4.78 is 5.43. The minimum Gasteiger partial charge on any atom is -0.391 e. The van der Waals surface area contributed by atoms with Gasteiger partial charge >= 0.3 is 0 Å². The van der Waals surface area contributed by atoms with Gasteiger partial charge in [0.25, 0.3) is 0 Å². The molecule has 1 heterocycles. The Morgan fingerprint density at radius 1 is 1.73 bits per heavy atom. The molecular weight excluding hydrogens is 142 g/mol. The molecule has 0 radical (unpaired) electrons. The highest BCUT2D eigenvalue weighted by atomic mass is 16.5. The van der Waals surface area contributed by atoms with Gasteiger partial charge in [0.15, 0.2) is 0 Å². The molecule has 3 heteroatoms. The Labute approximate surface area is 67.7 Å². The molecule has 0 aromatic heterocycles. The Balaban J connectivity index is 2.05. The zero-order valence-corrected chi connectivity index (χ0v) is 7.05. The van der Waals surface area contributed by atoms with Crippen LogP contribution in [0.4, 0.5) is 0 Å². The molecule has 2 atom stereocenters. The summed E-state index contributed by atoms with van der Waals surface area (Å²) in [5.41, 5.74) is 0. The van der Waals surface area contributed by atoms with E-state index in [1.54, 1.807) is 6.92 Å². The zero-order chi connectivity index (χ0) is 8.10. The molecule has 66 valence electrons. The number of aliphatic hydroxyl groups is 1. The standard InChI is InChI=1S/C8H17NO2/c1-7(10)6-11-8-3-2-4-9-5-8/h7-10H,2-6H2,1H3/t7?,8-/m0/s1. The Morgan fingerprint density at radius 3 is 3.09 bits per heavy atom. The second-order valence-electron chi connectivity index (χ2n) is 3.15. The van der Waals surface area contributed by atoms with Crippen molar-refractivity contribution in [1.29, 1.82) is 0 Å². The van der Waals surface area contributed by atoms with Gasteiger partial charge < -0.3 is 15.2 Å². The summed E-state index contributed by atoms with van der Waals surface area (Å²) in [7, 11) is 0. The first-order chi connectivity index (χ1) is 5.29. The van der Waals surface area contributed by atoms with Crippen LogP contribution in [0, 0.1) is 0 Å². The minimum absolute atomic E-state index is 0.318. The molecule has 2 N–H and O–H groups in total. The molecule has 1 aliphatic rings. The van der Waals surface area contributed by atoms with E-state index in [1.807, 2.05) is 0 Å². The van der Waals surface area contributed by atoms with E-state index in [2.05, 4.69) is 5.32 Å². The SMILES string of the molecule is CC(O)CO[C@H]1CCCNC1. The largest absolute Gasteiger partial charge is 0.391 e. The molecule has 1 saturated heterocycles. The van der Waals surface area contributed by atoms with Gasteiger partial charge in [-0.2, -0.15) is 0 Å². The maximum absolute atomic E-state index is 8.94. The van der Waals surface area contributed by atoms with Crippen LogP contribution >= 0.6 is 0 Å². The first-order valence-electron chi connectivity index (χ1n) is 4.29. The fourth-order valence-corrected chi connectivity index (χ4v) is 1.24. The van der Waals surface area contributed by atoms with Crippen LogP contribution in [0.3, 0.4) is 0 Å². The molecule has 0 aromatic carbocycles. The molecule has 0 aliphatic carbocycles. The lowest BCUT2D eigenvalue weighted by atomic mass is 10.1. The molecule has 11 heavy (non-hydrogen) atoms. The van der Waals surface area contributed by atoms with Crippen molar-refractivity contribution in [3.63, 3.8) is 0 Å². The summed E-state index contributed by atoms with van der Waals surface area (Å²) in [5, 5.41) is 12.2. The van der Waals surface area contributed by atoms with Crippen molar-refractivity contribution >= 4 is 0 Å². The highest BCUT2D eigenvalue weighted by Crippen LogP contribution is 2.05. The lowest BCUT2D eigenvalue weighted by molar-refractivity contribution is -0.0119. The van der Waals surface area contributed by atoms with Crippen LogP contribution in [-0.4, -0.2) is 37.0 Å². The minimum atomic E-state index is -0.336.